The largest absolute Gasteiger partial charge is 0.462 e. The fourth-order valence-electron chi connectivity index (χ4n) is 2.11. The number of esters is 2. The lowest BCUT2D eigenvalue weighted by Crippen LogP contribution is -2.14. The van der Waals surface area contributed by atoms with E-state index in [-0.39, 0.29) is 19.6 Å². The Balaban J connectivity index is 1.99. The van der Waals surface area contributed by atoms with Gasteiger partial charge < -0.3 is 14.8 Å². The predicted octanol–water partition coefficient (Wildman–Crippen LogP) is 4.55. The lowest BCUT2D eigenvalue weighted by Gasteiger charge is -2.14. The van der Waals surface area contributed by atoms with Gasteiger partial charge in [0, 0.05) is 11.8 Å². The summed E-state index contributed by atoms with van der Waals surface area (Å²) in [4.78, 5) is 22.9. The topological polar surface area (TPSA) is 64.6 Å². The van der Waals surface area contributed by atoms with Gasteiger partial charge >= 0.3 is 11.9 Å². The van der Waals surface area contributed by atoms with Crippen molar-refractivity contribution in [2.45, 2.75) is 6.42 Å². The molecule has 0 spiro atoms. The van der Waals surface area contributed by atoms with Crippen LogP contribution in [0.25, 0.3) is 0 Å². The van der Waals surface area contributed by atoms with E-state index < -0.39 is 11.9 Å². The molecule has 0 radical (unpaired) electrons. The van der Waals surface area contributed by atoms with Gasteiger partial charge in [0.25, 0.3) is 0 Å². The minimum Gasteiger partial charge on any atom is -0.462 e. The van der Waals surface area contributed by atoms with E-state index in [9.17, 15) is 9.59 Å². The van der Waals surface area contributed by atoms with Crippen LogP contribution in [0.2, 0.25) is 10.0 Å². The number of benzene rings is 2. The quantitative estimate of drug-likeness (QED) is 0.404. The summed E-state index contributed by atoms with van der Waals surface area (Å²) in [5.74, 6) is -1.01. The first-order chi connectivity index (χ1) is 12.5. The van der Waals surface area contributed by atoms with Crippen LogP contribution in [0.3, 0.4) is 0 Å². The summed E-state index contributed by atoms with van der Waals surface area (Å²) in [5.41, 5.74) is 1.97. The number of anilines is 2. The van der Waals surface area contributed by atoms with Gasteiger partial charge in [0.05, 0.1) is 22.2 Å². The van der Waals surface area contributed by atoms with Gasteiger partial charge in [-0.3, -0.25) is 4.79 Å². The van der Waals surface area contributed by atoms with Gasteiger partial charge in [0.1, 0.15) is 13.2 Å². The molecule has 0 aliphatic rings. The van der Waals surface area contributed by atoms with Gasteiger partial charge in [-0.1, -0.05) is 54.0 Å². The molecular formula is C19H17Cl2NO4. The molecule has 26 heavy (non-hydrogen) atoms. The average Bonchev–Trinajstić information content (AvgIpc) is 2.63. The standard InChI is InChI=1S/C19H17Cl2NO4/c1-2-17(23)25-10-11-26-18(24)12-13-6-3-4-9-16(13)22-19-14(20)7-5-8-15(19)21/h2-9,22H,1,10-12H2. The SMILES string of the molecule is C=CC(=O)OCCOC(=O)Cc1ccccc1Nc1c(Cl)cccc1Cl. The molecule has 0 saturated carbocycles. The Bertz CT molecular complexity index is 788. The van der Waals surface area contributed by atoms with Crippen molar-refractivity contribution in [2.75, 3.05) is 18.5 Å². The molecular weight excluding hydrogens is 377 g/mol. The van der Waals surface area contributed by atoms with Crippen LogP contribution in [-0.4, -0.2) is 25.2 Å². The van der Waals surface area contributed by atoms with E-state index in [0.29, 0.717) is 21.4 Å². The maximum absolute atomic E-state index is 12.0. The molecule has 0 saturated heterocycles. The van der Waals surface area contributed by atoms with Gasteiger partial charge in [-0.25, -0.2) is 4.79 Å². The van der Waals surface area contributed by atoms with E-state index in [1.807, 2.05) is 18.2 Å². The van der Waals surface area contributed by atoms with Crippen molar-refractivity contribution in [1.29, 1.82) is 0 Å². The maximum atomic E-state index is 12.0. The van der Waals surface area contributed by atoms with Gasteiger partial charge in [-0.2, -0.15) is 0 Å². The molecule has 0 aromatic heterocycles. The van der Waals surface area contributed by atoms with E-state index in [1.54, 1.807) is 24.3 Å². The molecule has 2 aromatic carbocycles. The second kappa shape index (κ2) is 9.85. The molecule has 1 N–H and O–H groups in total. The van der Waals surface area contributed by atoms with Gasteiger partial charge in [0.2, 0.25) is 0 Å². The van der Waals surface area contributed by atoms with E-state index in [1.165, 1.54) is 0 Å². The van der Waals surface area contributed by atoms with Crippen molar-refractivity contribution in [3.63, 3.8) is 0 Å². The van der Waals surface area contributed by atoms with Crippen LogP contribution >= 0.6 is 23.2 Å². The van der Waals surface area contributed by atoms with Crippen molar-refractivity contribution in [3.8, 4) is 0 Å². The van der Waals surface area contributed by atoms with Gasteiger partial charge in [-0.15, -0.1) is 0 Å². The van der Waals surface area contributed by atoms with E-state index in [2.05, 4.69) is 11.9 Å². The molecule has 136 valence electrons. The monoisotopic (exact) mass is 393 g/mol. The molecule has 0 fully saturated rings. The fraction of sp³-hybridized carbons (Fsp3) is 0.158. The Morgan fingerprint density at radius 1 is 1.00 bits per heavy atom. The summed E-state index contributed by atoms with van der Waals surface area (Å²) < 4.78 is 9.81. The van der Waals surface area contributed by atoms with Crippen molar-refractivity contribution in [1.82, 2.24) is 0 Å². The third-order valence-corrected chi connectivity index (χ3v) is 3.96. The number of nitrogens with one attached hydrogen (secondary N) is 1. The Kier molecular flexibility index (Phi) is 7.51. The average molecular weight is 394 g/mol. The Hall–Kier alpha value is -2.50. The molecule has 5 nitrogen and oxygen atoms in total. The first kappa shape index (κ1) is 19.8. The molecule has 0 atom stereocenters. The molecule has 2 aromatic rings. The zero-order valence-corrected chi connectivity index (χ0v) is 15.3. The van der Waals surface area contributed by atoms with Crippen LogP contribution in [0.4, 0.5) is 11.4 Å². The second-order valence-electron chi connectivity index (χ2n) is 5.15. The molecule has 7 heteroatoms. The number of carbonyl (C=O) groups is 2. The summed E-state index contributed by atoms with van der Waals surface area (Å²) in [6, 6.07) is 12.4. The van der Waals surface area contributed by atoms with Crippen molar-refractivity contribution in [3.05, 3.63) is 70.7 Å². The zero-order chi connectivity index (χ0) is 18.9. The number of para-hydroxylation sites is 2. The van der Waals surface area contributed by atoms with Gasteiger partial charge in [-0.05, 0) is 23.8 Å². The highest BCUT2D eigenvalue weighted by Gasteiger charge is 2.12. The molecule has 0 unspecified atom stereocenters. The van der Waals surface area contributed by atoms with Crippen LogP contribution in [-0.2, 0) is 25.5 Å². The van der Waals surface area contributed by atoms with E-state index in [0.717, 1.165) is 11.6 Å². The van der Waals surface area contributed by atoms with Crippen LogP contribution in [0.1, 0.15) is 5.56 Å². The lowest BCUT2D eigenvalue weighted by molar-refractivity contribution is -0.149. The number of halogens is 2. The molecule has 0 aliphatic carbocycles. The fourth-order valence-corrected chi connectivity index (χ4v) is 2.60. The van der Waals surface area contributed by atoms with Crippen molar-refractivity contribution in [2.24, 2.45) is 0 Å². The number of carbonyl (C=O) groups excluding carboxylic acids is 2. The molecule has 0 aliphatic heterocycles. The predicted molar refractivity (Wildman–Crippen MR) is 102 cm³/mol. The van der Waals surface area contributed by atoms with Crippen LogP contribution in [0.5, 0.6) is 0 Å². The highest BCUT2D eigenvalue weighted by molar-refractivity contribution is 6.39. The summed E-state index contributed by atoms with van der Waals surface area (Å²) in [6.45, 7) is 3.23. The second-order valence-corrected chi connectivity index (χ2v) is 5.96. The summed E-state index contributed by atoms with van der Waals surface area (Å²) in [7, 11) is 0. The smallest absolute Gasteiger partial charge is 0.330 e. The Morgan fingerprint density at radius 3 is 2.35 bits per heavy atom. The minimum atomic E-state index is -0.563. The van der Waals surface area contributed by atoms with Crippen molar-refractivity contribution >= 4 is 46.5 Å². The highest BCUT2D eigenvalue weighted by Crippen LogP contribution is 2.33. The zero-order valence-electron chi connectivity index (χ0n) is 13.8. The van der Waals surface area contributed by atoms with E-state index >= 15 is 0 Å². The lowest BCUT2D eigenvalue weighted by atomic mass is 10.1. The summed E-state index contributed by atoms with van der Waals surface area (Å²) in [5, 5.41) is 4.09. The third kappa shape index (κ3) is 5.79. The minimum absolute atomic E-state index is 0.0221. The highest BCUT2D eigenvalue weighted by atomic mass is 35.5. The number of hydrogen-bond donors (Lipinski definition) is 1. The van der Waals surface area contributed by atoms with Gasteiger partial charge in [0.15, 0.2) is 0 Å². The van der Waals surface area contributed by atoms with Crippen LogP contribution in [0.15, 0.2) is 55.1 Å². The molecule has 2 rings (SSSR count). The number of rotatable bonds is 8. The molecule has 0 amide bonds. The van der Waals surface area contributed by atoms with Crippen LogP contribution < -0.4 is 5.32 Å². The summed E-state index contributed by atoms with van der Waals surface area (Å²) >= 11 is 12.3. The Labute approximate surface area is 161 Å². The Morgan fingerprint density at radius 2 is 1.65 bits per heavy atom. The summed E-state index contributed by atoms with van der Waals surface area (Å²) in [6.07, 6.45) is 1.09. The van der Waals surface area contributed by atoms with E-state index in [4.69, 9.17) is 32.7 Å². The normalized spacial score (nSPS) is 10.1. The number of hydrogen-bond acceptors (Lipinski definition) is 5. The maximum Gasteiger partial charge on any atom is 0.330 e. The van der Waals surface area contributed by atoms with Crippen molar-refractivity contribution < 1.29 is 19.1 Å². The number of ether oxygens (including phenoxy) is 2. The molecule has 0 bridgehead atoms. The first-order valence-corrected chi connectivity index (χ1v) is 8.50. The molecule has 0 heterocycles. The third-order valence-electron chi connectivity index (χ3n) is 3.33. The van der Waals surface area contributed by atoms with Crippen LogP contribution in [0, 0.1) is 0 Å². The first-order valence-electron chi connectivity index (χ1n) is 7.75.